The number of likely N-dealkylation sites (N-methyl/N-ethyl adjacent to an activating group) is 1. The van der Waals surface area contributed by atoms with Crippen LogP contribution in [0.15, 0.2) is 71.7 Å². The molecule has 1 unspecified atom stereocenters. The summed E-state index contributed by atoms with van der Waals surface area (Å²) in [4.78, 5) is 19.3. The van der Waals surface area contributed by atoms with Crippen LogP contribution in [0.5, 0.6) is 0 Å². The van der Waals surface area contributed by atoms with E-state index in [1.807, 2.05) is 30.3 Å². The van der Waals surface area contributed by atoms with Gasteiger partial charge in [0.25, 0.3) is 5.91 Å². The van der Waals surface area contributed by atoms with Gasteiger partial charge in [-0.05, 0) is 48.6 Å². The van der Waals surface area contributed by atoms with Crippen molar-refractivity contribution in [1.29, 1.82) is 0 Å². The van der Waals surface area contributed by atoms with Gasteiger partial charge in [0, 0.05) is 28.9 Å². The quantitative estimate of drug-likeness (QED) is 0.395. The number of amides is 1. The molecule has 0 aromatic heterocycles. The molecule has 3 aromatic rings. The Morgan fingerprint density at radius 1 is 1.06 bits per heavy atom. The van der Waals surface area contributed by atoms with Crippen LogP contribution in [0, 0.1) is 0 Å². The topological polar surface area (TPSA) is 56.7 Å². The summed E-state index contributed by atoms with van der Waals surface area (Å²) < 4.78 is 39.6. The van der Waals surface area contributed by atoms with Crippen LogP contribution in [0.25, 0.3) is 0 Å². The van der Waals surface area contributed by atoms with Crippen molar-refractivity contribution in [2.24, 2.45) is 4.99 Å². The van der Waals surface area contributed by atoms with Crippen LogP contribution >= 0.6 is 35.4 Å². The van der Waals surface area contributed by atoms with Crippen LogP contribution in [-0.2, 0) is 11.0 Å². The molecule has 4 rings (SSSR count). The smallest absolute Gasteiger partial charge is 0.333 e. The number of halogens is 5. The van der Waals surface area contributed by atoms with Crippen LogP contribution < -0.4 is 15.5 Å². The van der Waals surface area contributed by atoms with E-state index in [2.05, 4.69) is 15.6 Å². The molecule has 1 atom stereocenters. The molecule has 1 aliphatic rings. The number of anilines is 2. The monoisotopic (exact) mass is 536 g/mol. The van der Waals surface area contributed by atoms with Crippen LogP contribution in [0.3, 0.4) is 0 Å². The standard InChI is InChI=1S/C24H17Cl2F3N4OS/c1-33-19-10-7-14(25)11-16(19)20(13-5-3-2-4-6-13)31-21(22(33)34)32-23(35)30-15-8-9-18(26)17(12-15)24(27,28)29/h2-12,21H,1H3,(H2,30,32,35). The van der Waals surface area contributed by atoms with Crippen molar-refractivity contribution in [2.45, 2.75) is 12.3 Å². The van der Waals surface area contributed by atoms with E-state index in [0.29, 0.717) is 22.0 Å². The Labute approximate surface area is 214 Å². The number of rotatable bonds is 3. The van der Waals surface area contributed by atoms with Crippen molar-refractivity contribution in [2.75, 3.05) is 17.3 Å². The number of benzodiazepines with no additional fused rings is 1. The number of nitrogens with one attached hydrogen (secondary N) is 2. The lowest BCUT2D eigenvalue weighted by Gasteiger charge is -2.22. The number of aliphatic imine (C=N–C) groups is 1. The SMILES string of the molecule is CN1C(=O)C(NC(=S)Nc2ccc(Cl)c(C(F)(F)F)c2)N=C(c2ccccc2)c2cc(Cl)ccc21. The van der Waals surface area contributed by atoms with E-state index in [9.17, 15) is 18.0 Å². The fourth-order valence-electron chi connectivity index (χ4n) is 3.58. The molecule has 0 saturated heterocycles. The highest BCUT2D eigenvalue weighted by Crippen LogP contribution is 2.36. The Hall–Kier alpha value is -3.14. The normalized spacial score (nSPS) is 15.7. The minimum atomic E-state index is -4.63. The lowest BCUT2D eigenvalue weighted by atomic mass is 10.0. The predicted octanol–water partition coefficient (Wildman–Crippen LogP) is 6.14. The van der Waals surface area contributed by atoms with E-state index in [4.69, 9.17) is 35.4 Å². The molecule has 1 aliphatic heterocycles. The van der Waals surface area contributed by atoms with Crippen LogP contribution in [0.1, 0.15) is 16.7 Å². The summed E-state index contributed by atoms with van der Waals surface area (Å²) in [6.07, 6.45) is -5.79. The highest BCUT2D eigenvalue weighted by Gasteiger charge is 2.34. The lowest BCUT2D eigenvalue weighted by Crippen LogP contribution is -2.47. The van der Waals surface area contributed by atoms with Gasteiger partial charge in [-0.2, -0.15) is 13.2 Å². The van der Waals surface area contributed by atoms with Crippen LogP contribution in [-0.4, -0.2) is 29.9 Å². The summed E-state index contributed by atoms with van der Waals surface area (Å²) in [5.41, 5.74) is 1.54. The Balaban J connectivity index is 1.67. The molecule has 3 aromatic carbocycles. The maximum absolute atomic E-state index is 13.3. The van der Waals surface area contributed by atoms with Crippen molar-refractivity contribution in [3.63, 3.8) is 0 Å². The van der Waals surface area contributed by atoms with Gasteiger partial charge in [0.2, 0.25) is 6.17 Å². The molecular weight excluding hydrogens is 520 g/mol. The van der Waals surface area contributed by atoms with E-state index in [1.165, 1.54) is 11.0 Å². The van der Waals surface area contributed by atoms with Gasteiger partial charge in [-0.1, -0.05) is 53.5 Å². The zero-order valence-corrected chi connectivity index (χ0v) is 20.4. The van der Waals surface area contributed by atoms with E-state index in [-0.39, 0.29) is 10.8 Å². The number of carbonyl (C=O) groups excluding carboxylic acids is 1. The molecule has 1 heterocycles. The van der Waals surface area contributed by atoms with E-state index in [1.54, 1.807) is 25.2 Å². The minimum absolute atomic E-state index is 0.0518. The molecule has 0 fully saturated rings. The Morgan fingerprint density at radius 3 is 2.46 bits per heavy atom. The van der Waals surface area contributed by atoms with Gasteiger partial charge in [-0.25, -0.2) is 4.99 Å². The zero-order valence-electron chi connectivity index (χ0n) is 18.0. The summed E-state index contributed by atoms with van der Waals surface area (Å²) in [5, 5.41) is 5.42. The number of fused-ring (bicyclic) bond motifs is 1. The maximum atomic E-state index is 13.3. The second-order valence-corrected chi connectivity index (χ2v) is 8.85. The number of hydrogen-bond donors (Lipinski definition) is 2. The summed E-state index contributed by atoms with van der Waals surface area (Å²) in [6, 6.07) is 17.6. The molecule has 5 nitrogen and oxygen atoms in total. The van der Waals surface area contributed by atoms with Crippen LogP contribution in [0.4, 0.5) is 24.5 Å². The molecule has 35 heavy (non-hydrogen) atoms. The van der Waals surface area contributed by atoms with Crippen LogP contribution in [0.2, 0.25) is 10.0 Å². The summed E-state index contributed by atoms with van der Waals surface area (Å²) in [7, 11) is 1.60. The maximum Gasteiger partial charge on any atom is 0.417 e. The van der Waals surface area contributed by atoms with E-state index < -0.39 is 28.8 Å². The molecule has 180 valence electrons. The van der Waals surface area contributed by atoms with Gasteiger partial charge in [0.1, 0.15) is 0 Å². The first kappa shape index (κ1) is 25.0. The minimum Gasteiger partial charge on any atom is -0.333 e. The highest BCUT2D eigenvalue weighted by atomic mass is 35.5. The fourth-order valence-corrected chi connectivity index (χ4v) is 4.20. The van der Waals surface area contributed by atoms with E-state index in [0.717, 1.165) is 17.7 Å². The van der Waals surface area contributed by atoms with Gasteiger partial charge in [-0.15, -0.1) is 0 Å². The number of nitrogens with zero attached hydrogens (tertiary/aromatic N) is 2. The first-order valence-electron chi connectivity index (χ1n) is 10.2. The molecule has 1 amide bonds. The molecule has 11 heteroatoms. The van der Waals surface area contributed by atoms with Gasteiger partial charge < -0.3 is 15.5 Å². The first-order valence-corrected chi connectivity index (χ1v) is 11.4. The molecule has 0 saturated carbocycles. The lowest BCUT2D eigenvalue weighted by molar-refractivity contribution is -0.137. The highest BCUT2D eigenvalue weighted by molar-refractivity contribution is 7.80. The van der Waals surface area contributed by atoms with Gasteiger partial charge in [0.05, 0.1) is 22.0 Å². The Bertz CT molecular complexity index is 1330. The van der Waals surface area contributed by atoms with Gasteiger partial charge >= 0.3 is 6.18 Å². The average Bonchev–Trinajstić information content (AvgIpc) is 2.90. The molecular formula is C24H17Cl2F3N4OS. The third-order valence-corrected chi connectivity index (χ3v) is 6.03. The predicted molar refractivity (Wildman–Crippen MR) is 137 cm³/mol. The van der Waals surface area contributed by atoms with Crippen molar-refractivity contribution in [3.8, 4) is 0 Å². The third-order valence-electron chi connectivity index (χ3n) is 5.24. The van der Waals surface area contributed by atoms with Crippen molar-refractivity contribution in [1.82, 2.24) is 5.32 Å². The van der Waals surface area contributed by atoms with Crippen molar-refractivity contribution < 1.29 is 18.0 Å². The molecule has 2 N–H and O–H groups in total. The molecule has 0 aliphatic carbocycles. The largest absolute Gasteiger partial charge is 0.417 e. The number of carbonyl (C=O) groups is 1. The number of alkyl halides is 3. The average molecular weight is 537 g/mol. The Kier molecular flexibility index (Phi) is 7.02. The Morgan fingerprint density at radius 2 is 1.77 bits per heavy atom. The first-order chi connectivity index (χ1) is 16.5. The number of thiocarbonyl (C=S) groups is 1. The van der Waals surface area contributed by atoms with Gasteiger partial charge in [-0.3, -0.25) is 4.79 Å². The summed E-state index contributed by atoms with van der Waals surface area (Å²) in [5.74, 6) is -0.421. The summed E-state index contributed by atoms with van der Waals surface area (Å²) >= 11 is 17.2. The second kappa shape index (κ2) is 9.85. The van der Waals surface area contributed by atoms with Gasteiger partial charge in [0.15, 0.2) is 5.11 Å². The third kappa shape index (κ3) is 5.42. The van der Waals surface area contributed by atoms with Crippen molar-refractivity contribution >= 4 is 63.5 Å². The summed E-state index contributed by atoms with van der Waals surface area (Å²) in [6.45, 7) is 0. The fraction of sp³-hybridized carbons (Fsp3) is 0.125. The second-order valence-electron chi connectivity index (χ2n) is 7.60. The molecule has 0 spiro atoms. The zero-order chi connectivity index (χ0) is 25.3. The van der Waals surface area contributed by atoms with Crippen molar-refractivity contribution in [3.05, 3.63) is 93.5 Å². The van der Waals surface area contributed by atoms with E-state index >= 15 is 0 Å². The number of benzene rings is 3. The molecule has 0 bridgehead atoms. The molecule has 0 radical (unpaired) electrons. The number of hydrogen-bond acceptors (Lipinski definition) is 3.